The molecule has 1 aromatic rings. The molecule has 1 aromatic heterocycles. The third-order valence-electron chi connectivity index (χ3n) is 4.44. The summed E-state index contributed by atoms with van der Waals surface area (Å²) in [6.07, 6.45) is 3.50. The lowest BCUT2D eigenvalue weighted by molar-refractivity contribution is 0.0599. The van der Waals surface area contributed by atoms with Crippen LogP contribution in [0.4, 0.5) is 5.82 Å². The fraction of sp³-hybridized carbons (Fsp3) is 0.625. The second kappa shape index (κ2) is 6.89. The smallest absolute Gasteiger partial charge is 0.339 e. The summed E-state index contributed by atoms with van der Waals surface area (Å²) in [6.45, 7) is 5.69. The summed E-state index contributed by atoms with van der Waals surface area (Å²) in [5.74, 6) is 1.32. The molecule has 1 saturated heterocycles. The Bertz CT molecular complexity index is 504. The highest BCUT2D eigenvalue weighted by Crippen LogP contribution is 2.29. The highest BCUT2D eigenvalue weighted by Gasteiger charge is 2.28. The number of aromatic nitrogens is 1. The molecule has 1 aliphatic heterocycles. The Balaban J connectivity index is 2.21. The van der Waals surface area contributed by atoms with E-state index in [0.29, 0.717) is 23.8 Å². The van der Waals surface area contributed by atoms with Crippen LogP contribution in [0.25, 0.3) is 0 Å². The van der Waals surface area contributed by atoms with Crippen molar-refractivity contribution < 1.29 is 9.53 Å². The third kappa shape index (κ3) is 3.35. The van der Waals surface area contributed by atoms with Gasteiger partial charge in [-0.25, -0.2) is 9.78 Å². The van der Waals surface area contributed by atoms with Gasteiger partial charge >= 0.3 is 5.97 Å². The number of hydrogen-bond donors (Lipinski definition) is 1. The summed E-state index contributed by atoms with van der Waals surface area (Å²) in [5, 5.41) is 0. The van der Waals surface area contributed by atoms with E-state index in [-0.39, 0.29) is 5.97 Å². The molecule has 1 fully saturated rings. The molecule has 0 spiro atoms. The SMILES string of the molecule is CCC1CCN(c2ccc(C(=O)OC)c(C)n2)C(CN)C1. The van der Waals surface area contributed by atoms with Gasteiger partial charge in [0.15, 0.2) is 0 Å². The number of ether oxygens (including phenoxy) is 1. The second-order valence-corrected chi connectivity index (χ2v) is 5.68. The monoisotopic (exact) mass is 291 g/mol. The minimum atomic E-state index is -0.341. The first-order valence-electron chi connectivity index (χ1n) is 7.63. The van der Waals surface area contributed by atoms with Crippen molar-refractivity contribution in [2.45, 2.75) is 39.2 Å². The molecule has 2 rings (SSSR count). The number of carbonyl (C=O) groups excluding carboxylic acids is 1. The van der Waals surface area contributed by atoms with E-state index in [1.807, 2.05) is 13.0 Å². The number of carbonyl (C=O) groups is 1. The summed E-state index contributed by atoms with van der Waals surface area (Å²) < 4.78 is 4.76. The average Bonchev–Trinajstić information content (AvgIpc) is 2.53. The first kappa shape index (κ1) is 15.8. The molecule has 0 amide bonds. The van der Waals surface area contributed by atoms with E-state index < -0.39 is 0 Å². The number of rotatable bonds is 4. The number of aryl methyl sites for hydroxylation is 1. The van der Waals surface area contributed by atoms with Gasteiger partial charge in [-0.05, 0) is 37.8 Å². The normalized spacial score (nSPS) is 22.2. The van der Waals surface area contributed by atoms with E-state index in [1.165, 1.54) is 20.0 Å². The van der Waals surface area contributed by atoms with Crippen LogP contribution >= 0.6 is 0 Å². The van der Waals surface area contributed by atoms with E-state index in [9.17, 15) is 4.79 Å². The van der Waals surface area contributed by atoms with Crippen molar-refractivity contribution in [3.63, 3.8) is 0 Å². The van der Waals surface area contributed by atoms with Crippen LogP contribution in [0, 0.1) is 12.8 Å². The van der Waals surface area contributed by atoms with Crippen molar-refractivity contribution in [3.05, 3.63) is 23.4 Å². The minimum Gasteiger partial charge on any atom is -0.465 e. The maximum absolute atomic E-state index is 11.6. The molecule has 5 nitrogen and oxygen atoms in total. The Hall–Kier alpha value is -1.62. The fourth-order valence-electron chi connectivity index (χ4n) is 3.06. The Labute approximate surface area is 126 Å². The van der Waals surface area contributed by atoms with Gasteiger partial charge < -0.3 is 15.4 Å². The van der Waals surface area contributed by atoms with Crippen LogP contribution in [0.1, 0.15) is 42.2 Å². The number of pyridine rings is 1. The average molecular weight is 291 g/mol. The van der Waals surface area contributed by atoms with E-state index in [2.05, 4.69) is 16.8 Å². The maximum Gasteiger partial charge on any atom is 0.339 e. The maximum atomic E-state index is 11.6. The number of methoxy groups -OCH3 is 1. The molecule has 0 aromatic carbocycles. The standard InChI is InChI=1S/C16H25N3O2/c1-4-12-7-8-19(13(9-12)10-17)15-6-5-14(11(2)18-15)16(20)21-3/h5-6,12-13H,4,7-10,17H2,1-3H3. The molecule has 0 bridgehead atoms. The van der Waals surface area contributed by atoms with Crippen LogP contribution in [0.2, 0.25) is 0 Å². The largest absolute Gasteiger partial charge is 0.465 e. The number of nitrogens with zero attached hydrogens (tertiary/aromatic N) is 2. The lowest BCUT2D eigenvalue weighted by Crippen LogP contribution is -2.47. The summed E-state index contributed by atoms with van der Waals surface area (Å²) >= 11 is 0. The van der Waals surface area contributed by atoms with Gasteiger partial charge in [-0.15, -0.1) is 0 Å². The molecular formula is C16H25N3O2. The van der Waals surface area contributed by atoms with Gasteiger partial charge in [0.1, 0.15) is 5.82 Å². The summed E-state index contributed by atoms with van der Waals surface area (Å²) in [7, 11) is 1.38. The van der Waals surface area contributed by atoms with Gasteiger partial charge in [0.2, 0.25) is 0 Å². The highest BCUT2D eigenvalue weighted by molar-refractivity contribution is 5.90. The summed E-state index contributed by atoms with van der Waals surface area (Å²) in [5.41, 5.74) is 7.17. The number of nitrogens with two attached hydrogens (primary N) is 1. The van der Waals surface area contributed by atoms with Crippen LogP contribution in [0.5, 0.6) is 0 Å². The van der Waals surface area contributed by atoms with E-state index in [0.717, 1.165) is 24.7 Å². The van der Waals surface area contributed by atoms with Crippen LogP contribution in [-0.2, 0) is 4.74 Å². The lowest BCUT2D eigenvalue weighted by atomic mass is 9.89. The van der Waals surface area contributed by atoms with Gasteiger partial charge in [-0.3, -0.25) is 0 Å². The van der Waals surface area contributed by atoms with Gasteiger partial charge in [-0.2, -0.15) is 0 Å². The zero-order valence-corrected chi connectivity index (χ0v) is 13.1. The molecule has 0 saturated carbocycles. The number of anilines is 1. The Morgan fingerprint density at radius 2 is 2.29 bits per heavy atom. The molecule has 21 heavy (non-hydrogen) atoms. The fourth-order valence-corrected chi connectivity index (χ4v) is 3.06. The molecule has 2 atom stereocenters. The van der Waals surface area contributed by atoms with Crippen LogP contribution in [0.3, 0.4) is 0 Å². The number of hydrogen-bond acceptors (Lipinski definition) is 5. The molecule has 2 unspecified atom stereocenters. The Morgan fingerprint density at radius 1 is 1.52 bits per heavy atom. The van der Waals surface area contributed by atoms with Crippen LogP contribution < -0.4 is 10.6 Å². The zero-order chi connectivity index (χ0) is 15.4. The quantitative estimate of drug-likeness (QED) is 0.861. The van der Waals surface area contributed by atoms with E-state index in [1.54, 1.807) is 6.07 Å². The lowest BCUT2D eigenvalue weighted by Gasteiger charge is -2.39. The Morgan fingerprint density at radius 3 is 2.86 bits per heavy atom. The Kier molecular flexibility index (Phi) is 5.17. The van der Waals surface area contributed by atoms with Crippen molar-refractivity contribution in [3.8, 4) is 0 Å². The predicted molar refractivity (Wildman–Crippen MR) is 83.5 cm³/mol. The topological polar surface area (TPSA) is 68.5 Å². The van der Waals surface area contributed by atoms with Crippen molar-refractivity contribution >= 4 is 11.8 Å². The first-order chi connectivity index (χ1) is 10.1. The van der Waals surface area contributed by atoms with Crippen LogP contribution in [-0.4, -0.2) is 37.2 Å². The van der Waals surface area contributed by atoms with Crippen molar-refractivity contribution in [1.29, 1.82) is 0 Å². The van der Waals surface area contributed by atoms with Crippen molar-refractivity contribution in [1.82, 2.24) is 4.98 Å². The van der Waals surface area contributed by atoms with Crippen LogP contribution in [0.15, 0.2) is 12.1 Å². The van der Waals surface area contributed by atoms with Crippen molar-refractivity contribution in [2.75, 3.05) is 25.1 Å². The molecule has 2 N–H and O–H groups in total. The molecular weight excluding hydrogens is 266 g/mol. The minimum absolute atomic E-state index is 0.333. The number of piperidine rings is 1. The molecule has 0 aliphatic carbocycles. The zero-order valence-electron chi connectivity index (χ0n) is 13.1. The third-order valence-corrected chi connectivity index (χ3v) is 4.44. The predicted octanol–water partition coefficient (Wildman–Crippen LogP) is 2.13. The van der Waals surface area contributed by atoms with Crippen molar-refractivity contribution in [2.24, 2.45) is 11.7 Å². The number of esters is 1. The van der Waals surface area contributed by atoms with Gasteiger partial charge in [-0.1, -0.05) is 13.3 Å². The molecule has 0 radical (unpaired) electrons. The van der Waals surface area contributed by atoms with Gasteiger partial charge in [0, 0.05) is 19.1 Å². The highest BCUT2D eigenvalue weighted by atomic mass is 16.5. The van der Waals surface area contributed by atoms with Gasteiger partial charge in [0.05, 0.1) is 18.4 Å². The first-order valence-corrected chi connectivity index (χ1v) is 7.63. The van der Waals surface area contributed by atoms with Gasteiger partial charge in [0.25, 0.3) is 0 Å². The van der Waals surface area contributed by atoms with E-state index >= 15 is 0 Å². The summed E-state index contributed by atoms with van der Waals surface area (Å²) in [6, 6.07) is 4.02. The summed E-state index contributed by atoms with van der Waals surface area (Å²) in [4.78, 5) is 18.5. The molecule has 5 heteroatoms. The molecule has 1 aliphatic rings. The second-order valence-electron chi connectivity index (χ2n) is 5.68. The molecule has 116 valence electrons. The molecule has 2 heterocycles. The van der Waals surface area contributed by atoms with E-state index in [4.69, 9.17) is 10.5 Å².